The summed E-state index contributed by atoms with van der Waals surface area (Å²) in [5.41, 5.74) is 0. The molecule has 1 aromatic heterocycles. The highest BCUT2D eigenvalue weighted by molar-refractivity contribution is 6.42. The number of hydrogen-bond acceptors (Lipinski definition) is 4. The van der Waals surface area contributed by atoms with Crippen LogP contribution in [0.1, 0.15) is 24.6 Å². The molecule has 1 aromatic rings. The van der Waals surface area contributed by atoms with Crippen LogP contribution in [-0.4, -0.2) is 21.2 Å². The molecule has 1 N–H and O–H groups in total. The second kappa shape index (κ2) is 3.83. The molecule has 0 bridgehead atoms. The third-order valence-corrected chi connectivity index (χ3v) is 2.64. The van der Waals surface area contributed by atoms with Crippen LogP contribution in [0.5, 0.6) is 5.88 Å². The average Bonchev–Trinajstić information content (AvgIpc) is 2.94. The number of carbonyl (C=O) groups is 1. The van der Waals surface area contributed by atoms with Crippen molar-refractivity contribution < 1.29 is 14.6 Å². The molecule has 0 saturated heterocycles. The number of carboxylic acid groups (broad SMARTS) is 1. The van der Waals surface area contributed by atoms with E-state index in [9.17, 15) is 4.79 Å². The van der Waals surface area contributed by atoms with Crippen molar-refractivity contribution in [3.8, 4) is 5.88 Å². The van der Waals surface area contributed by atoms with E-state index < -0.39 is 6.16 Å². The van der Waals surface area contributed by atoms with Crippen LogP contribution >= 0.6 is 23.2 Å². The quantitative estimate of drug-likeness (QED) is 0.644. The van der Waals surface area contributed by atoms with E-state index in [-0.39, 0.29) is 22.0 Å². The zero-order chi connectivity index (χ0) is 11.0. The summed E-state index contributed by atoms with van der Waals surface area (Å²) in [5, 5.41) is 8.38. The highest BCUT2D eigenvalue weighted by Crippen LogP contribution is 2.40. The Kier molecular flexibility index (Phi) is 2.67. The van der Waals surface area contributed by atoms with Crippen LogP contribution in [0.25, 0.3) is 0 Å². The topological polar surface area (TPSA) is 72.3 Å². The minimum Gasteiger partial charge on any atom is -0.449 e. The van der Waals surface area contributed by atoms with Crippen LogP contribution in [0, 0.1) is 0 Å². The summed E-state index contributed by atoms with van der Waals surface area (Å²) in [6, 6.07) is 0. The van der Waals surface area contributed by atoms with E-state index in [1.807, 2.05) is 0 Å². The van der Waals surface area contributed by atoms with Crippen LogP contribution in [0.4, 0.5) is 4.79 Å². The number of rotatable bonds is 2. The Bertz CT molecular complexity index is 421. The van der Waals surface area contributed by atoms with E-state index in [1.54, 1.807) is 0 Å². The molecule has 0 unspecified atom stereocenters. The summed E-state index contributed by atoms with van der Waals surface area (Å²) in [7, 11) is 0. The zero-order valence-corrected chi connectivity index (χ0v) is 8.92. The molecule has 0 atom stereocenters. The van der Waals surface area contributed by atoms with E-state index in [0.717, 1.165) is 12.8 Å². The Labute approximate surface area is 95.0 Å². The molecule has 80 valence electrons. The molecule has 0 spiro atoms. The highest BCUT2D eigenvalue weighted by atomic mass is 35.5. The smallest absolute Gasteiger partial charge is 0.449 e. The lowest BCUT2D eigenvalue weighted by molar-refractivity contribution is 0.142. The fraction of sp³-hybridized carbons (Fsp3) is 0.375. The van der Waals surface area contributed by atoms with Gasteiger partial charge in [-0.05, 0) is 12.8 Å². The molecule has 0 radical (unpaired) electrons. The van der Waals surface area contributed by atoms with Crippen molar-refractivity contribution in [2.45, 2.75) is 18.8 Å². The molecule has 2 rings (SSSR count). The van der Waals surface area contributed by atoms with Gasteiger partial charge >= 0.3 is 6.16 Å². The molecule has 1 fully saturated rings. The molecular weight excluding hydrogens is 243 g/mol. The lowest BCUT2D eigenvalue weighted by atomic mass is 10.4. The first kappa shape index (κ1) is 10.4. The Balaban J connectivity index is 2.37. The Morgan fingerprint density at radius 2 is 2.07 bits per heavy atom. The second-order valence-electron chi connectivity index (χ2n) is 3.13. The number of ether oxygens (including phenoxy) is 1. The van der Waals surface area contributed by atoms with Gasteiger partial charge in [-0.1, -0.05) is 23.2 Å². The third-order valence-electron chi connectivity index (χ3n) is 1.92. The van der Waals surface area contributed by atoms with Gasteiger partial charge in [0.25, 0.3) is 0 Å². The van der Waals surface area contributed by atoms with Crippen LogP contribution in [0.3, 0.4) is 0 Å². The van der Waals surface area contributed by atoms with Gasteiger partial charge in [-0.3, -0.25) is 0 Å². The summed E-state index contributed by atoms with van der Waals surface area (Å²) >= 11 is 11.4. The van der Waals surface area contributed by atoms with E-state index >= 15 is 0 Å². The van der Waals surface area contributed by atoms with Gasteiger partial charge in [-0.25, -0.2) is 9.78 Å². The van der Waals surface area contributed by atoms with Crippen molar-refractivity contribution in [1.82, 2.24) is 9.97 Å². The van der Waals surface area contributed by atoms with Crippen molar-refractivity contribution >= 4 is 29.4 Å². The minimum absolute atomic E-state index is 0.0183. The summed E-state index contributed by atoms with van der Waals surface area (Å²) in [4.78, 5) is 18.2. The Hall–Kier alpha value is -1.07. The lowest BCUT2D eigenvalue weighted by Gasteiger charge is -2.05. The normalized spacial score (nSPS) is 15.1. The Morgan fingerprint density at radius 3 is 2.60 bits per heavy atom. The number of aromatic nitrogens is 2. The maximum absolute atomic E-state index is 10.3. The fourth-order valence-corrected chi connectivity index (χ4v) is 1.38. The summed E-state index contributed by atoms with van der Waals surface area (Å²) < 4.78 is 4.39. The third kappa shape index (κ3) is 2.30. The molecule has 15 heavy (non-hydrogen) atoms. The summed E-state index contributed by atoms with van der Waals surface area (Å²) in [6.07, 6.45) is 0.475. The largest absolute Gasteiger partial charge is 0.512 e. The predicted molar refractivity (Wildman–Crippen MR) is 52.7 cm³/mol. The number of halogens is 2. The monoisotopic (exact) mass is 248 g/mol. The van der Waals surface area contributed by atoms with E-state index in [0.29, 0.717) is 5.82 Å². The number of nitrogens with zero attached hydrogens (tertiary/aromatic N) is 2. The molecule has 5 nitrogen and oxygen atoms in total. The SMILES string of the molecule is O=C(O)Oc1nc(C2CC2)nc(Cl)c1Cl. The summed E-state index contributed by atoms with van der Waals surface area (Å²) in [6.45, 7) is 0. The van der Waals surface area contributed by atoms with Crippen molar-refractivity contribution in [3.63, 3.8) is 0 Å². The van der Waals surface area contributed by atoms with Gasteiger partial charge < -0.3 is 9.84 Å². The first-order valence-corrected chi connectivity index (χ1v) is 4.97. The molecule has 0 aromatic carbocycles. The van der Waals surface area contributed by atoms with Crippen molar-refractivity contribution in [3.05, 3.63) is 16.0 Å². The molecule has 0 aliphatic heterocycles. The standard InChI is InChI=1S/C8H6Cl2N2O3/c9-4-5(10)11-6(3-1-2-3)12-7(4)15-8(13)14/h3H,1-2H2,(H,13,14). The maximum Gasteiger partial charge on any atom is 0.512 e. The van der Waals surface area contributed by atoms with Gasteiger partial charge in [0.05, 0.1) is 0 Å². The molecule has 1 saturated carbocycles. The maximum atomic E-state index is 10.3. The zero-order valence-electron chi connectivity index (χ0n) is 7.41. The number of hydrogen-bond donors (Lipinski definition) is 1. The van der Waals surface area contributed by atoms with Crippen LogP contribution in [0.15, 0.2) is 0 Å². The van der Waals surface area contributed by atoms with Gasteiger partial charge in [0, 0.05) is 5.92 Å². The molecule has 1 heterocycles. The average molecular weight is 249 g/mol. The second-order valence-corrected chi connectivity index (χ2v) is 3.87. The van der Waals surface area contributed by atoms with Crippen molar-refractivity contribution in [2.24, 2.45) is 0 Å². The van der Waals surface area contributed by atoms with Gasteiger partial charge in [-0.15, -0.1) is 0 Å². The Morgan fingerprint density at radius 1 is 1.40 bits per heavy atom. The van der Waals surface area contributed by atoms with Crippen LogP contribution in [-0.2, 0) is 0 Å². The molecule has 0 amide bonds. The highest BCUT2D eigenvalue weighted by Gasteiger charge is 2.29. The molecular formula is C8H6Cl2N2O3. The molecule has 1 aliphatic carbocycles. The van der Waals surface area contributed by atoms with Crippen molar-refractivity contribution in [1.29, 1.82) is 0 Å². The van der Waals surface area contributed by atoms with Crippen LogP contribution < -0.4 is 4.74 Å². The first-order valence-electron chi connectivity index (χ1n) is 4.21. The van der Waals surface area contributed by atoms with Gasteiger partial charge in [-0.2, -0.15) is 4.98 Å². The predicted octanol–water partition coefficient (Wildman–Crippen LogP) is 2.72. The first-order chi connectivity index (χ1) is 7.08. The minimum atomic E-state index is -1.48. The van der Waals surface area contributed by atoms with Gasteiger partial charge in [0.15, 0.2) is 5.15 Å². The molecule has 7 heteroatoms. The van der Waals surface area contributed by atoms with E-state index in [1.165, 1.54) is 0 Å². The molecule has 1 aliphatic rings. The van der Waals surface area contributed by atoms with Gasteiger partial charge in [0.1, 0.15) is 10.8 Å². The van der Waals surface area contributed by atoms with Crippen LogP contribution in [0.2, 0.25) is 10.2 Å². The van der Waals surface area contributed by atoms with E-state index in [2.05, 4.69) is 14.7 Å². The fourth-order valence-electron chi connectivity index (χ4n) is 1.09. The van der Waals surface area contributed by atoms with E-state index in [4.69, 9.17) is 28.3 Å². The van der Waals surface area contributed by atoms with Gasteiger partial charge in [0.2, 0.25) is 5.88 Å². The summed E-state index contributed by atoms with van der Waals surface area (Å²) in [5.74, 6) is 0.530. The van der Waals surface area contributed by atoms with Crippen molar-refractivity contribution in [2.75, 3.05) is 0 Å². The lowest BCUT2D eigenvalue weighted by Crippen LogP contribution is -2.07.